The normalized spacial score (nSPS) is 11.0. The standard InChI is InChI=1S/C13H11NSSi/c16-10-7-5-9(6-8-10)13-14-11-3-1-2-4-12(11)15-13/h1-8H,16H3. The third-order valence-electron chi connectivity index (χ3n) is 2.59. The largest absolute Gasteiger partial charge is 0.236 e. The molecule has 2 aromatic carbocycles. The van der Waals surface area contributed by atoms with Gasteiger partial charge in [0.15, 0.2) is 0 Å². The Bertz CT molecular complexity index is 595. The van der Waals surface area contributed by atoms with Gasteiger partial charge in [0.25, 0.3) is 0 Å². The van der Waals surface area contributed by atoms with Crippen LogP contribution in [0.25, 0.3) is 20.8 Å². The van der Waals surface area contributed by atoms with Crippen molar-refractivity contribution in [3.05, 3.63) is 48.5 Å². The second-order valence-corrected chi connectivity index (χ2v) is 6.04. The highest BCUT2D eigenvalue weighted by Gasteiger charge is 2.04. The molecule has 0 amide bonds. The van der Waals surface area contributed by atoms with Crippen LogP contribution in [0.2, 0.25) is 0 Å². The van der Waals surface area contributed by atoms with Gasteiger partial charge in [0.1, 0.15) is 5.01 Å². The van der Waals surface area contributed by atoms with Crippen molar-refractivity contribution in [2.75, 3.05) is 0 Å². The highest BCUT2D eigenvalue weighted by Crippen LogP contribution is 2.29. The van der Waals surface area contributed by atoms with Crippen LogP contribution in [0.5, 0.6) is 0 Å². The lowest BCUT2D eigenvalue weighted by Gasteiger charge is -1.95. The summed E-state index contributed by atoms with van der Waals surface area (Å²) in [5.41, 5.74) is 2.32. The minimum absolute atomic E-state index is 1.09. The van der Waals surface area contributed by atoms with Crippen LogP contribution in [-0.2, 0) is 0 Å². The average molecular weight is 241 g/mol. The van der Waals surface area contributed by atoms with Gasteiger partial charge in [-0.25, -0.2) is 4.98 Å². The summed E-state index contributed by atoms with van der Waals surface area (Å²) in [5.74, 6) is 0. The zero-order valence-electron chi connectivity index (χ0n) is 8.97. The second kappa shape index (κ2) is 3.85. The van der Waals surface area contributed by atoms with E-state index in [1.54, 1.807) is 11.3 Å². The molecule has 0 fully saturated rings. The minimum Gasteiger partial charge on any atom is -0.236 e. The van der Waals surface area contributed by atoms with Crippen molar-refractivity contribution < 1.29 is 0 Å². The van der Waals surface area contributed by atoms with E-state index >= 15 is 0 Å². The van der Waals surface area contributed by atoms with E-state index in [4.69, 9.17) is 0 Å². The quantitative estimate of drug-likeness (QED) is 0.594. The Hall–Kier alpha value is -1.45. The first-order valence-electron chi connectivity index (χ1n) is 5.25. The van der Waals surface area contributed by atoms with Gasteiger partial charge in [0.05, 0.1) is 10.2 Å². The molecule has 1 nitrogen and oxygen atoms in total. The third-order valence-corrected chi connectivity index (χ3v) is 4.34. The summed E-state index contributed by atoms with van der Waals surface area (Å²) >= 11 is 1.76. The molecule has 1 aromatic heterocycles. The van der Waals surface area contributed by atoms with Crippen LogP contribution >= 0.6 is 11.3 Å². The maximum Gasteiger partial charge on any atom is 0.124 e. The van der Waals surface area contributed by atoms with Gasteiger partial charge < -0.3 is 0 Å². The lowest BCUT2D eigenvalue weighted by molar-refractivity contribution is 1.48. The molecule has 0 bridgehead atoms. The molecular formula is C13H11NSSi. The summed E-state index contributed by atoms with van der Waals surface area (Å²) in [6, 6.07) is 17.0. The highest BCUT2D eigenvalue weighted by atomic mass is 32.1. The van der Waals surface area contributed by atoms with Crippen LogP contribution < -0.4 is 5.19 Å². The number of fused-ring (bicyclic) bond motifs is 1. The minimum atomic E-state index is 1.09. The number of benzene rings is 2. The molecule has 0 spiro atoms. The van der Waals surface area contributed by atoms with Gasteiger partial charge in [-0.2, -0.15) is 0 Å². The molecule has 78 valence electrons. The molecule has 0 radical (unpaired) electrons. The van der Waals surface area contributed by atoms with Crippen molar-refractivity contribution in [3.8, 4) is 10.6 Å². The Morgan fingerprint density at radius 3 is 2.44 bits per heavy atom. The van der Waals surface area contributed by atoms with Crippen molar-refractivity contribution in [2.24, 2.45) is 0 Å². The Morgan fingerprint density at radius 2 is 1.69 bits per heavy atom. The molecule has 0 atom stereocenters. The molecule has 0 aliphatic heterocycles. The molecular weight excluding hydrogens is 230 g/mol. The van der Waals surface area contributed by atoms with E-state index in [0.29, 0.717) is 0 Å². The molecule has 3 heteroatoms. The maximum absolute atomic E-state index is 4.64. The number of nitrogens with zero attached hydrogens (tertiary/aromatic N) is 1. The van der Waals surface area contributed by atoms with E-state index < -0.39 is 0 Å². The predicted molar refractivity (Wildman–Crippen MR) is 74.6 cm³/mol. The highest BCUT2D eigenvalue weighted by molar-refractivity contribution is 7.21. The average Bonchev–Trinajstić information content (AvgIpc) is 2.73. The second-order valence-electron chi connectivity index (χ2n) is 3.85. The molecule has 1 heterocycles. The van der Waals surface area contributed by atoms with Gasteiger partial charge in [-0.05, 0) is 12.1 Å². The summed E-state index contributed by atoms with van der Waals surface area (Å²) in [4.78, 5) is 4.64. The Kier molecular flexibility index (Phi) is 2.34. The topological polar surface area (TPSA) is 12.9 Å². The number of rotatable bonds is 1. The van der Waals surface area contributed by atoms with E-state index in [1.165, 1.54) is 15.5 Å². The lowest BCUT2D eigenvalue weighted by atomic mass is 10.2. The molecule has 0 aliphatic carbocycles. The fraction of sp³-hybridized carbons (Fsp3) is 0. The van der Waals surface area contributed by atoms with Crippen LogP contribution in [0.4, 0.5) is 0 Å². The Morgan fingerprint density at radius 1 is 0.938 bits per heavy atom. The van der Waals surface area contributed by atoms with Crippen molar-refractivity contribution in [1.29, 1.82) is 0 Å². The van der Waals surface area contributed by atoms with Crippen LogP contribution in [0.3, 0.4) is 0 Å². The number of hydrogen-bond donors (Lipinski definition) is 0. The van der Waals surface area contributed by atoms with Gasteiger partial charge in [-0.15, -0.1) is 11.3 Å². The van der Waals surface area contributed by atoms with E-state index in [-0.39, 0.29) is 0 Å². The van der Waals surface area contributed by atoms with Crippen molar-refractivity contribution >= 4 is 37.0 Å². The monoisotopic (exact) mass is 241 g/mol. The zero-order valence-corrected chi connectivity index (χ0v) is 11.8. The molecule has 0 saturated carbocycles. The summed E-state index contributed by atoms with van der Waals surface area (Å²) in [7, 11) is 1.11. The number of para-hydroxylation sites is 1. The van der Waals surface area contributed by atoms with E-state index in [0.717, 1.165) is 20.8 Å². The van der Waals surface area contributed by atoms with Crippen LogP contribution in [-0.4, -0.2) is 15.2 Å². The van der Waals surface area contributed by atoms with Gasteiger partial charge in [0, 0.05) is 15.8 Å². The molecule has 0 unspecified atom stereocenters. The fourth-order valence-electron chi connectivity index (χ4n) is 1.69. The molecule has 0 N–H and O–H groups in total. The molecule has 3 aromatic rings. The first-order valence-corrected chi connectivity index (χ1v) is 7.07. The number of thiazole rings is 1. The molecule has 0 saturated heterocycles. The molecule has 16 heavy (non-hydrogen) atoms. The van der Waals surface area contributed by atoms with Gasteiger partial charge in [-0.1, -0.05) is 41.6 Å². The first kappa shape index (κ1) is 9.75. The summed E-state index contributed by atoms with van der Waals surface area (Å²) in [5, 5.41) is 2.53. The van der Waals surface area contributed by atoms with E-state index in [9.17, 15) is 0 Å². The molecule has 0 aliphatic rings. The molecule has 3 rings (SSSR count). The zero-order chi connectivity index (χ0) is 11.0. The summed E-state index contributed by atoms with van der Waals surface area (Å²) < 4.78 is 1.26. The lowest BCUT2D eigenvalue weighted by Crippen LogP contribution is -1.98. The van der Waals surface area contributed by atoms with Crippen molar-refractivity contribution in [2.45, 2.75) is 0 Å². The predicted octanol–water partition coefficient (Wildman–Crippen LogP) is 1.95. The fourth-order valence-corrected chi connectivity index (χ4v) is 3.00. The van der Waals surface area contributed by atoms with Crippen LogP contribution in [0.1, 0.15) is 0 Å². The smallest absolute Gasteiger partial charge is 0.124 e. The number of aromatic nitrogens is 1. The van der Waals surface area contributed by atoms with Crippen LogP contribution in [0.15, 0.2) is 48.5 Å². The SMILES string of the molecule is [SiH3]c1ccc(-c2nc3ccccc3s2)cc1. The van der Waals surface area contributed by atoms with Gasteiger partial charge in [0.2, 0.25) is 0 Å². The first-order chi connectivity index (χ1) is 7.83. The van der Waals surface area contributed by atoms with Crippen LogP contribution in [0, 0.1) is 0 Å². The van der Waals surface area contributed by atoms with E-state index in [1.807, 2.05) is 6.07 Å². The van der Waals surface area contributed by atoms with Crippen molar-refractivity contribution in [1.82, 2.24) is 4.98 Å². The van der Waals surface area contributed by atoms with Gasteiger partial charge >= 0.3 is 0 Å². The number of hydrogen-bond acceptors (Lipinski definition) is 2. The summed E-state index contributed by atoms with van der Waals surface area (Å²) in [6.45, 7) is 0. The third kappa shape index (κ3) is 1.68. The van der Waals surface area contributed by atoms with Gasteiger partial charge in [-0.3, -0.25) is 0 Å². The summed E-state index contributed by atoms with van der Waals surface area (Å²) in [6.07, 6.45) is 0. The Labute approximate surface area is 101 Å². The Balaban J connectivity index is 2.15. The maximum atomic E-state index is 4.64. The van der Waals surface area contributed by atoms with E-state index in [2.05, 4.69) is 47.4 Å². The van der Waals surface area contributed by atoms with Crippen molar-refractivity contribution in [3.63, 3.8) is 0 Å².